The summed E-state index contributed by atoms with van der Waals surface area (Å²) in [6.45, 7) is 0.0917. The van der Waals surface area contributed by atoms with E-state index < -0.39 is 37.0 Å². The monoisotopic (exact) mass is 409 g/mol. The van der Waals surface area contributed by atoms with Crippen LogP contribution in [0.15, 0.2) is 24.3 Å². The number of urea groups is 1. The van der Waals surface area contributed by atoms with E-state index in [1.54, 1.807) is 12.1 Å². The van der Waals surface area contributed by atoms with Gasteiger partial charge in [-0.3, -0.25) is 9.59 Å². The van der Waals surface area contributed by atoms with Crippen molar-refractivity contribution in [1.29, 1.82) is 0 Å². The van der Waals surface area contributed by atoms with E-state index in [-0.39, 0.29) is 44.1 Å². The first-order chi connectivity index (χ1) is 13.7. The molecule has 0 saturated heterocycles. The van der Waals surface area contributed by atoms with Gasteiger partial charge in [0, 0.05) is 25.1 Å². The molecule has 12 heteroatoms. The summed E-state index contributed by atoms with van der Waals surface area (Å²) in [7, 11) is -1.66. The fraction of sp³-hybridized carbons (Fsp3) is 0.412. The third-order valence-electron chi connectivity index (χ3n) is 3.82. The van der Waals surface area contributed by atoms with E-state index in [9.17, 15) is 24.3 Å². The van der Waals surface area contributed by atoms with Crippen molar-refractivity contribution in [3.05, 3.63) is 24.3 Å². The van der Waals surface area contributed by atoms with E-state index in [0.29, 0.717) is 5.69 Å². The molecule has 0 unspecified atom stereocenters. The lowest BCUT2D eigenvalue weighted by Gasteiger charge is -2.15. The van der Waals surface area contributed by atoms with Gasteiger partial charge in [-0.25, -0.2) is 9.59 Å². The average Bonchev–Trinajstić information content (AvgIpc) is 2.64. The van der Waals surface area contributed by atoms with Crippen molar-refractivity contribution in [2.24, 2.45) is 0 Å². The van der Waals surface area contributed by atoms with E-state index in [0.717, 1.165) is 0 Å². The van der Waals surface area contributed by atoms with Gasteiger partial charge in [-0.2, -0.15) is 0 Å². The molecule has 0 aromatic heterocycles. The van der Waals surface area contributed by atoms with Crippen LogP contribution in [0.1, 0.15) is 32.1 Å². The van der Waals surface area contributed by atoms with Gasteiger partial charge in [0.25, 0.3) is 0 Å². The molecule has 7 N–H and O–H groups in total. The Labute approximate surface area is 167 Å². The van der Waals surface area contributed by atoms with Gasteiger partial charge in [-0.15, -0.1) is 0 Å². The molecule has 0 fully saturated rings. The molecule has 0 aliphatic carbocycles. The van der Waals surface area contributed by atoms with Crippen molar-refractivity contribution >= 4 is 42.1 Å². The normalized spacial score (nSPS) is 11.2. The summed E-state index contributed by atoms with van der Waals surface area (Å²) in [6.07, 6.45) is 0.301. The Morgan fingerprint density at radius 3 is 2.38 bits per heavy atom. The minimum Gasteiger partial charge on any atom is -0.481 e. The highest BCUT2D eigenvalue weighted by Crippen LogP contribution is 2.08. The van der Waals surface area contributed by atoms with Gasteiger partial charge in [0.15, 0.2) is 0 Å². The SMILES string of the molecule is O=C(O)CCCNC(=O)N[C@@H](CCCC(=O)Nc1cccc(B(O)O)c1)C(=O)O. The molecule has 0 saturated carbocycles. The number of benzene rings is 1. The van der Waals surface area contributed by atoms with Gasteiger partial charge in [-0.1, -0.05) is 12.1 Å². The van der Waals surface area contributed by atoms with E-state index in [2.05, 4.69) is 16.0 Å². The maximum Gasteiger partial charge on any atom is 0.488 e. The Balaban J connectivity index is 2.39. The molecular weight excluding hydrogens is 385 g/mol. The quantitative estimate of drug-likeness (QED) is 0.171. The number of carboxylic acids is 2. The summed E-state index contributed by atoms with van der Waals surface area (Å²) in [5.41, 5.74) is 0.585. The summed E-state index contributed by atoms with van der Waals surface area (Å²) in [6, 6.07) is 4.07. The Bertz CT molecular complexity index is 728. The number of carbonyl (C=O) groups is 4. The van der Waals surface area contributed by atoms with E-state index in [1.807, 2.05) is 0 Å². The second-order valence-electron chi connectivity index (χ2n) is 6.23. The molecule has 1 rings (SSSR count). The molecule has 29 heavy (non-hydrogen) atoms. The van der Waals surface area contributed by atoms with Crippen LogP contribution in [0.4, 0.5) is 10.5 Å². The van der Waals surface area contributed by atoms with E-state index >= 15 is 0 Å². The summed E-state index contributed by atoms with van der Waals surface area (Å²) < 4.78 is 0. The van der Waals surface area contributed by atoms with Crippen molar-refractivity contribution in [2.45, 2.75) is 38.1 Å². The maximum atomic E-state index is 12.0. The molecule has 0 bridgehead atoms. The van der Waals surface area contributed by atoms with Crippen LogP contribution in [0.2, 0.25) is 0 Å². The first-order valence-electron chi connectivity index (χ1n) is 8.94. The highest BCUT2D eigenvalue weighted by Gasteiger charge is 2.20. The number of hydrogen-bond acceptors (Lipinski definition) is 6. The summed E-state index contributed by atoms with van der Waals surface area (Å²) >= 11 is 0. The number of rotatable bonds is 12. The molecule has 0 radical (unpaired) electrons. The molecule has 0 aliphatic heterocycles. The van der Waals surface area contributed by atoms with Crippen LogP contribution in [-0.2, 0) is 14.4 Å². The van der Waals surface area contributed by atoms with Gasteiger partial charge >= 0.3 is 25.1 Å². The number of hydrogen-bond donors (Lipinski definition) is 7. The standard InChI is InChI=1S/C17H24BN3O8/c22-14(20-12-5-1-4-11(10-12)18(28)29)7-2-6-13(16(25)26)21-17(27)19-9-3-8-15(23)24/h1,4-5,10,13,28-29H,2-3,6-9H2,(H,20,22)(H,23,24)(H,25,26)(H2,19,21,27)/t13-/m0/s1. The van der Waals surface area contributed by atoms with Gasteiger partial charge in [0.05, 0.1) is 0 Å². The second kappa shape index (κ2) is 12.4. The lowest BCUT2D eigenvalue weighted by atomic mass is 9.80. The number of anilines is 1. The second-order valence-corrected chi connectivity index (χ2v) is 6.23. The predicted octanol–water partition coefficient (Wildman–Crippen LogP) is -0.908. The molecule has 1 atom stereocenters. The fourth-order valence-electron chi connectivity index (χ4n) is 2.38. The molecule has 158 valence electrons. The Kier molecular flexibility index (Phi) is 10.2. The Morgan fingerprint density at radius 2 is 1.76 bits per heavy atom. The van der Waals surface area contributed by atoms with Gasteiger partial charge in [-0.05, 0) is 36.9 Å². The summed E-state index contributed by atoms with van der Waals surface area (Å²) in [5.74, 6) is -2.64. The zero-order valence-electron chi connectivity index (χ0n) is 15.6. The number of aliphatic carboxylic acids is 2. The molecule has 1 aromatic carbocycles. The molecule has 0 heterocycles. The maximum absolute atomic E-state index is 12.0. The van der Waals surface area contributed by atoms with Crippen LogP contribution >= 0.6 is 0 Å². The number of carboxylic acid groups (broad SMARTS) is 2. The largest absolute Gasteiger partial charge is 0.488 e. The zero-order valence-corrected chi connectivity index (χ0v) is 15.6. The van der Waals surface area contributed by atoms with Crippen LogP contribution < -0.4 is 21.4 Å². The summed E-state index contributed by atoms with van der Waals surface area (Å²) in [5, 5.41) is 43.1. The van der Waals surface area contributed by atoms with E-state index in [4.69, 9.17) is 15.2 Å². The third kappa shape index (κ3) is 10.1. The van der Waals surface area contributed by atoms with Crippen molar-refractivity contribution < 1.29 is 39.4 Å². The molecule has 1 aromatic rings. The van der Waals surface area contributed by atoms with Crippen LogP contribution in [0.3, 0.4) is 0 Å². The minimum absolute atomic E-state index is 0.00238. The van der Waals surface area contributed by atoms with Crippen molar-refractivity contribution in [2.75, 3.05) is 11.9 Å². The molecular formula is C17H24BN3O8. The lowest BCUT2D eigenvalue weighted by Crippen LogP contribution is -2.46. The lowest BCUT2D eigenvalue weighted by molar-refractivity contribution is -0.139. The minimum atomic E-state index is -1.66. The predicted molar refractivity (Wildman–Crippen MR) is 104 cm³/mol. The van der Waals surface area contributed by atoms with Crippen LogP contribution in [0.25, 0.3) is 0 Å². The van der Waals surface area contributed by atoms with E-state index in [1.165, 1.54) is 12.1 Å². The average molecular weight is 409 g/mol. The molecule has 3 amide bonds. The topological polar surface area (TPSA) is 185 Å². The fourth-order valence-corrected chi connectivity index (χ4v) is 2.38. The van der Waals surface area contributed by atoms with Crippen LogP contribution in [0, 0.1) is 0 Å². The Morgan fingerprint density at radius 1 is 1.03 bits per heavy atom. The highest BCUT2D eigenvalue weighted by molar-refractivity contribution is 6.58. The first kappa shape index (κ1) is 23.9. The third-order valence-corrected chi connectivity index (χ3v) is 3.82. The number of carbonyl (C=O) groups excluding carboxylic acids is 2. The highest BCUT2D eigenvalue weighted by atomic mass is 16.4. The van der Waals surface area contributed by atoms with Gasteiger partial charge < -0.3 is 36.2 Å². The Hall–Kier alpha value is -3.12. The molecule has 0 aliphatic rings. The first-order valence-corrected chi connectivity index (χ1v) is 8.94. The molecule has 0 spiro atoms. The zero-order chi connectivity index (χ0) is 21.8. The smallest absolute Gasteiger partial charge is 0.481 e. The van der Waals surface area contributed by atoms with Crippen LogP contribution in [0.5, 0.6) is 0 Å². The number of amides is 3. The van der Waals surface area contributed by atoms with Gasteiger partial charge in [0.1, 0.15) is 6.04 Å². The molecule has 11 nitrogen and oxygen atoms in total. The van der Waals surface area contributed by atoms with Crippen molar-refractivity contribution in [1.82, 2.24) is 10.6 Å². The van der Waals surface area contributed by atoms with Crippen molar-refractivity contribution in [3.63, 3.8) is 0 Å². The van der Waals surface area contributed by atoms with Crippen LogP contribution in [-0.4, -0.2) is 63.8 Å². The van der Waals surface area contributed by atoms with Gasteiger partial charge in [0.2, 0.25) is 5.91 Å². The number of nitrogens with one attached hydrogen (secondary N) is 3. The summed E-state index contributed by atoms with van der Waals surface area (Å²) in [4.78, 5) is 45.3. The van der Waals surface area contributed by atoms with Crippen molar-refractivity contribution in [3.8, 4) is 0 Å².